The third-order valence-electron chi connectivity index (χ3n) is 2.65. The minimum Gasteiger partial charge on any atom is -0.295 e. The molecule has 0 aromatic heterocycles. The maximum absolute atomic E-state index is 11.3. The van der Waals surface area contributed by atoms with Crippen molar-refractivity contribution in [2.75, 3.05) is 0 Å². The molecule has 0 fully saturated rings. The molecule has 0 amide bonds. The minimum absolute atomic E-state index is 0.0759. The van der Waals surface area contributed by atoms with Crippen molar-refractivity contribution in [3.8, 4) is 0 Å². The van der Waals surface area contributed by atoms with Crippen LogP contribution in [-0.2, 0) is 5.75 Å². The number of ketones is 1. The molecule has 2 aromatic carbocycles. The first-order valence-electron chi connectivity index (χ1n) is 5.74. The maximum atomic E-state index is 11.3. The molecule has 2 rings (SSSR count). The van der Waals surface area contributed by atoms with E-state index in [1.165, 1.54) is 0 Å². The van der Waals surface area contributed by atoms with Gasteiger partial charge in [0.2, 0.25) is 0 Å². The van der Waals surface area contributed by atoms with Crippen LogP contribution in [0, 0.1) is 0 Å². The molecule has 0 saturated carbocycles. The number of Topliss-reactive ketones (excluding diaryl/α,β-unsaturated/α-hetero) is 1. The molecule has 2 aromatic rings. The third kappa shape index (κ3) is 4.00. The lowest BCUT2D eigenvalue weighted by Gasteiger charge is -2.06. The highest BCUT2D eigenvalue weighted by Crippen LogP contribution is 2.29. The second kappa shape index (κ2) is 6.47. The molecule has 0 spiro atoms. The number of carbonyl (C=O) groups excluding carboxylic acids is 1. The van der Waals surface area contributed by atoms with Crippen LogP contribution in [0.4, 0.5) is 0 Å². The highest BCUT2D eigenvalue weighted by Gasteiger charge is 2.04. The fourth-order valence-electron chi connectivity index (χ4n) is 1.60. The van der Waals surface area contributed by atoms with E-state index in [9.17, 15) is 4.79 Å². The number of hydrogen-bond acceptors (Lipinski definition) is 2. The van der Waals surface area contributed by atoms with Gasteiger partial charge in [-0.2, -0.15) is 0 Å². The molecule has 0 aliphatic rings. The molecular formula is C15H12Cl2OS. The van der Waals surface area contributed by atoms with Gasteiger partial charge in [0, 0.05) is 26.3 Å². The molecule has 0 radical (unpaired) electrons. The molecule has 0 N–H and O–H groups in total. The topological polar surface area (TPSA) is 17.1 Å². The molecule has 0 aliphatic carbocycles. The van der Waals surface area contributed by atoms with Crippen LogP contribution in [0.15, 0.2) is 47.4 Å². The number of rotatable bonds is 4. The fourth-order valence-corrected chi connectivity index (χ4v) is 3.12. The van der Waals surface area contributed by atoms with Crippen molar-refractivity contribution in [2.45, 2.75) is 17.6 Å². The Kier molecular flexibility index (Phi) is 4.92. The zero-order chi connectivity index (χ0) is 13.8. The maximum Gasteiger partial charge on any atom is 0.159 e. The van der Waals surface area contributed by atoms with Crippen molar-refractivity contribution in [3.05, 3.63) is 63.6 Å². The molecule has 4 heteroatoms. The lowest BCUT2D eigenvalue weighted by Crippen LogP contribution is -1.91. The summed E-state index contributed by atoms with van der Waals surface area (Å²) in [4.78, 5) is 12.4. The lowest BCUT2D eigenvalue weighted by atomic mass is 10.2. The van der Waals surface area contributed by atoms with Crippen LogP contribution in [-0.4, -0.2) is 5.78 Å². The summed E-state index contributed by atoms with van der Waals surface area (Å²) in [6.45, 7) is 1.57. The van der Waals surface area contributed by atoms with Crippen LogP contribution in [0.2, 0.25) is 10.0 Å². The molecule has 98 valence electrons. The normalized spacial score (nSPS) is 10.5. The first-order valence-corrected chi connectivity index (χ1v) is 7.48. The van der Waals surface area contributed by atoms with Crippen molar-refractivity contribution in [3.63, 3.8) is 0 Å². The Balaban J connectivity index is 2.10. The Morgan fingerprint density at radius 1 is 1.16 bits per heavy atom. The highest BCUT2D eigenvalue weighted by molar-refractivity contribution is 7.98. The van der Waals surface area contributed by atoms with Crippen molar-refractivity contribution in [1.82, 2.24) is 0 Å². The van der Waals surface area contributed by atoms with Gasteiger partial charge in [0.25, 0.3) is 0 Å². The monoisotopic (exact) mass is 310 g/mol. The predicted molar refractivity (Wildman–Crippen MR) is 82.5 cm³/mol. The van der Waals surface area contributed by atoms with E-state index in [4.69, 9.17) is 23.2 Å². The Bertz CT molecular complexity index is 611. The molecule has 0 atom stereocenters. The summed E-state index contributed by atoms with van der Waals surface area (Å²) in [6, 6.07) is 13.1. The summed E-state index contributed by atoms with van der Waals surface area (Å²) in [5.41, 5.74) is 1.76. The largest absolute Gasteiger partial charge is 0.295 e. The summed E-state index contributed by atoms with van der Waals surface area (Å²) in [7, 11) is 0. The number of hydrogen-bond donors (Lipinski definition) is 0. The standard InChI is InChI=1S/C15H12Cl2OS/c1-10(18)11-3-2-4-14(7-11)19-9-12-5-6-13(16)8-15(12)17/h2-8H,9H2,1H3. The molecule has 0 heterocycles. The predicted octanol–water partition coefficient (Wildman–Crippen LogP) is 5.49. The second-order valence-corrected chi connectivity index (χ2v) is 6.00. The summed E-state index contributed by atoms with van der Waals surface area (Å²) in [5.74, 6) is 0.823. The van der Waals surface area contributed by atoms with E-state index in [0.29, 0.717) is 10.0 Å². The number of benzene rings is 2. The van der Waals surface area contributed by atoms with Crippen molar-refractivity contribution in [1.29, 1.82) is 0 Å². The summed E-state index contributed by atoms with van der Waals surface area (Å²) >= 11 is 13.6. The zero-order valence-electron chi connectivity index (χ0n) is 10.3. The van der Waals surface area contributed by atoms with Gasteiger partial charge in [-0.25, -0.2) is 0 Å². The molecule has 0 saturated heterocycles. The van der Waals surface area contributed by atoms with E-state index in [0.717, 1.165) is 21.8 Å². The molecule has 0 bridgehead atoms. The Morgan fingerprint density at radius 2 is 1.95 bits per heavy atom. The van der Waals surface area contributed by atoms with Crippen LogP contribution < -0.4 is 0 Å². The average Bonchev–Trinajstić information content (AvgIpc) is 2.38. The lowest BCUT2D eigenvalue weighted by molar-refractivity contribution is 0.101. The van der Waals surface area contributed by atoms with Crippen molar-refractivity contribution >= 4 is 40.7 Å². The van der Waals surface area contributed by atoms with Gasteiger partial charge in [0.05, 0.1) is 0 Å². The smallest absolute Gasteiger partial charge is 0.159 e. The van der Waals surface area contributed by atoms with E-state index < -0.39 is 0 Å². The van der Waals surface area contributed by atoms with Crippen LogP contribution in [0.3, 0.4) is 0 Å². The minimum atomic E-state index is 0.0759. The first kappa shape index (κ1) is 14.4. The SMILES string of the molecule is CC(=O)c1cccc(SCc2ccc(Cl)cc2Cl)c1. The molecule has 1 nitrogen and oxygen atoms in total. The second-order valence-electron chi connectivity index (χ2n) is 4.11. The van der Waals surface area contributed by atoms with Crippen LogP contribution >= 0.6 is 35.0 Å². The van der Waals surface area contributed by atoms with E-state index >= 15 is 0 Å². The Labute approximate surface area is 126 Å². The zero-order valence-corrected chi connectivity index (χ0v) is 12.6. The summed E-state index contributed by atoms with van der Waals surface area (Å²) in [6.07, 6.45) is 0. The van der Waals surface area contributed by atoms with Gasteiger partial charge in [-0.1, -0.05) is 41.4 Å². The summed E-state index contributed by atoms with van der Waals surface area (Å²) < 4.78 is 0. The van der Waals surface area contributed by atoms with Gasteiger partial charge in [0.1, 0.15) is 0 Å². The van der Waals surface area contributed by atoms with Crippen molar-refractivity contribution in [2.24, 2.45) is 0 Å². The number of halogens is 2. The summed E-state index contributed by atoms with van der Waals surface area (Å²) in [5, 5.41) is 1.31. The highest BCUT2D eigenvalue weighted by atomic mass is 35.5. The fraction of sp³-hybridized carbons (Fsp3) is 0.133. The Hall–Kier alpha value is -0.960. The van der Waals surface area contributed by atoms with Gasteiger partial charge in [-0.15, -0.1) is 11.8 Å². The van der Waals surface area contributed by atoms with E-state index in [-0.39, 0.29) is 5.78 Å². The quantitative estimate of drug-likeness (QED) is 0.549. The Morgan fingerprint density at radius 3 is 2.63 bits per heavy atom. The van der Waals surface area contributed by atoms with Crippen LogP contribution in [0.25, 0.3) is 0 Å². The van der Waals surface area contributed by atoms with Gasteiger partial charge in [-0.3, -0.25) is 4.79 Å². The first-order chi connectivity index (χ1) is 9.06. The van der Waals surface area contributed by atoms with E-state index in [1.54, 1.807) is 24.8 Å². The van der Waals surface area contributed by atoms with E-state index in [2.05, 4.69) is 0 Å². The number of thioether (sulfide) groups is 1. The third-order valence-corrected chi connectivity index (χ3v) is 4.28. The van der Waals surface area contributed by atoms with Gasteiger partial charge >= 0.3 is 0 Å². The number of carbonyl (C=O) groups is 1. The molecule has 0 unspecified atom stereocenters. The van der Waals surface area contributed by atoms with Gasteiger partial charge < -0.3 is 0 Å². The van der Waals surface area contributed by atoms with Crippen LogP contribution in [0.1, 0.15) is 22.8 Å². The molecule has 19 heavy (non-hydrogen) atoms. The van der Waals surface area contributed by atoms with Crippen LogP contribution in [0.5, 0.6) is 0 Å². The molecule has 0 aliphatic heterocycles. The molecular weight excluding hydrogens is 299 g/mol. The van der Waals surface area contributed by atoms with Gasteiger partial charge in [0.15, 0.2) is 5.78 Å². The van der Waals surface area contributed by atoms with E-state index in [1.807, 2.05) is 36.4 Å². The average molecular weight is 311 g/mol. The van der Waals surface area contributed by atoms with Gasteiger partial charge in [-0.05, 0) is 36.8 Å². The van der Waals surface area contributed by atoms with Crippen molar-refractivity contribution < 1.29 is 4.79 Å².